The second-order valence-corrected chi connectivity index (χ2v) is 7.04. The molecule has 0 spiro atoms. The van der Waals surface area contributed by atoms with Gasteiger partial charge in [-0.2, -0.15) is 0 Å². The first kappa shape index (κ1) is 19.3. The third-order valence-corrected chi connectivity index (χ3v) is 4.85. The number of carbonyl (C=O) groups excluding carboxylic acids is 2. The van der Waals surface area contributed by atoms with E-state index in [-0.39, 0.29) is 11.8 Å². The number of hydrogen-bond donors (Lipinski definition) is 1. The summed E-state index contributed by atoms with van der Waals surface area (Å²) in [6.45, 7) is 0.480. The number of pyridine rings is 1. The van der Waals surface area contributed by atoms with Gasteiger partial charge in [-0.3, -0.25) is 9.59 Å². The number of fused-ring (bicyclic) bond motifs is 1. The highest BCUT2D eigenvalue weighted by Crippen LogP contribution is 2.19. The molecule has 5 nitrogen and oxygen atoms in total. The lowest BCUT2D eigenvalue weighted by Crippen LogP contribution is -2.27. The lowest BCUT2D eigenvalue weighted by atomic mass is 10.1. The molecule has 0 saturated carbocycles. The second-order valence-electron chi connectivity index (χ2n) is 7.04. The van der Waals surface area contributed by atoms with Crippen LogP contribution in [-0.2, 0) is 6.54 Å². The molecule has 30 heavy (non-hydrogen) atoms. The van der Waals surface area contributed by atoms with E-state index in [1.54, 1.807) is 42.3 Å². The third-order valence-electron chi connectivity index (χ3n) is 4.85. The summed E-state index contributed by atoms with van der Waals surface area (Å²) in [5.41, 5.74) is 2.98. The lowest BCUT2D eigenvalue weighted by molar-refractivity contribution is 0.0786. The molecule has 0 radical (unpaired) electrons. The van der Waals surface area contributed by atoms with Crippen LogP contribution in [0.2, 0.25) is 0 Å². The minimum Gasteiger partial charge on any atom is -0.337 e. The van der Waals surface area contributed by atoms with E-state index < -0.39 is 0 Å². The van der Waals surface area contributed by atoms with E-state index in [1.807, 2.05) is 60.7 Å². The van der Waals surface area contributed by atoms with Gasteiger partial charge in [0.25, 0.3) is 11.8 Å². The van der Waals surface area contributed by atoms with Crippen molar-refractivity contribution in [2.24, 2.45) is 0 Å². The molecule has 4 rings (SSSR count). The highest BCUT2D eigenvalue weighted by Gasteiger charge is 2.18. The van der Waals surface area contributed by atoms with Gasteiger partial charge in [-0.1, -0.05) is 66.7 Å². The SMILES string of the molecule is CN(Cc1ccccc1)C(=O)c1ccccc1NC(=O)c1ccc2ccccc2n1. The summed E-state index contributed by atoms with van der Waals surface area (Å²) in [5, 5.41) is 3.81. The average molecular weight is 395 g/mol. The van der Waals surface area contributed by atoms with Crippen molar-refractivity contribution >= 4 is 28.4 Å². The van der Waals surface area contributed by atoms with Gasteiger partial charge in [0.15, 0.2) is 0 Å². The molecule has 5 heteroatoms. The molecule has 0 atom stereocenters. The summed E-state index contributed by atoms with van der Waals surface area (Å²) in [4.78, 5) is 31.9. The normalized spacial score (nSPS) is 10.6. The molecule has 0 aliphatic heterocycles. The Kier molecular flexibility index (Phi) is 5.52. The molecule has 0 saturated heterocycles. The molecule has 1 heterocycles. The van der Waals surface area contributed by atoms with Gasteiger partial charge in [0, 0.05) is 19.0 Å². The Morgan fingerprint density at radius 2 is 1.53 bits per heavy atom. The summed E-state index contributed by atoms with van der Waals surface area (Å²) in [7, 11) is 1.75. The number of aromatic nitrogens is 1. The number of rotatable bonds is 5. The number of hydrogen-bond acceptors (Lipinski definition) is 3. The van der Waals surface area contributed by atoms with Gasteiger partial charge >= 0.3 is 0 Å². The van der Waals surface area contributed by atoms with Gasteiger partial charge < -0.3 is 10.2 Å². The molecule has 148 valence electrons. The molecule has 0 fully saturated rings. The fourth-order valence-electron chi connectivity index (χ4n) is 3.29. The smallest absolute Gasteiger partial charge is 0.274 e. The number of amides is 2. The Morgan fingerprint density at radius 1 is 0.833 bits per heavy atom. The average Bonchev–Trinajstić information content (AvgIpc) is 2.79. The molecule has 1 N–H and O–H groups in total. The molecule has 2 amide bonds. The van der Waals surface area contributed by atoms with E-state index >= 15 is 0 Å². The maximum absolute atomic E-state index is 13.0. The van der Waals surface area contributed by atoms with E-state index in [9.17, 15) is 9.59 Å². The van der Waals surface area contributed by atoms with E-state index in [1.165, 1.54) is 0 Å². The number of para-hydroxylation sites is 2. The van der Waals surface area contributed by atoms with Crippen LogP contribution in [0.4, 0.5) is 5.69 Å². The van der Waals surface area contributed by atoms with Crippen LogP contribution in [-0.4, -0.2) is 28.7 Å². The van der Waals surface area contributed by atoms with E-state index in [2.05, 4.69) is 10.3 Å². The summed E-state index contributed by atoms with van der Waals surface area (Å²) in [6.07, 6.45) is 0. The molecular weight excluding hydrogens is 374 g/mol. The Labute approximate surface area is 175 Å². The van der Waals surface area contributed by atoms with Gasteiger partial charge in [-0.25, -0.2) is 4.98 Å². The number of nitrogens with zero attached hydrogens (tertiary/aromatic N) is 2. The van der Waals surface area contributed by atoms with E-state index in [4.69, 9.17) is 0 Å². The van der Waals surface area contributed by atoms with Gasteiger partial charge in [-0.15, -0.1) is 0 Å². The van der Waals surface area contributed by atoms with Crippen LogP contribution >= 0.6 is 0 Å². The van der Waals surface area contributed by atoms with Crippen molar-refractivity contribution in [3.8, 4) is 0 Å². The predicted octanol–water partition coefficient (Wildman–Crippen LogP) is 4.76. The largest absolute Gasteiger partial charge is 0.337 e. The minimum absolute atomic E-state index is 0.166. The predicted molar refractivity (Wildman–Crippen MR) is 118 cm³/mol. The van der Waals surface area contributed by atoms with Crippen LogP contribution < -0.4 is 5.32 Å². The zero-order chi connectivity index (χ0) is 20.9. The van der Waals surface area contributed by atoms with Crippen molar-refractivity contribution in [3.05, 3.63) is 108 Å². The van der Waals surface area contributed by atoms with E-state index in [0.717, 1.165) is 16.5 Å². The minimum atomic E-state index is -0.355. The number of nitrogens with one attached hydrogen (secondary N) is 1. The lowest BCUT2D eigenvalue weighted by Gasteiger charge is -2.19. The summed E-state index contributed by atoms with van der Waals surface area (Å²) < 4.78 is 0. The number of carbonyl (C=O) groups is 2. The highest BCUT2D eigenvalue weighted by atomic mass is 16.2. The summed E-state index contributed by atoms with van der Waals surface area (Å²) in [6, 6.07) is 28.0. The fourth-order valence-corrected chi connectivity index (χ4v) is 3.29. The first-order chi connectivity index (χ1) is 14.6. The Balaban J connectivity index is 1.55. The maximum Gasteiger partial charge on any atom is 0.274 e. The molecule has 0 bridgehead atoms. The quantitative estimate of drug-likeness (QED) is 0.530. The zero-order valence-corrected chi connectivity index (χ0v) is 16.6. The van der Waals surface area contributed by atoms with Gasteiger partial charge in [0.1, 0.15) is 5.69 Å². The monoisotopic (exact) mass is 395 g/mol. The van der Waals surface area contributed by atoms with Crippen LogP contribution in [0.1, 0.15) is 26.4 Å². The van der Waals surface area contributed by atoms with Crippen LogP contribution in [0, 0.1) is 0 Å². The zero-order valence-electron chi connectivity index (χ0n) is 16.6. The van der Waals surface area contributed by atoms with Crippen molar-refractivity contribution in [2.75, 3.05) is 12.4 Å². The van der Waals surface area contributed by atoms with Crippen LogP contribution in [0.15, 0.2) is 91.0 Å². The highest BCUT2D eigenvalue weighted by molar-refractivity contribution is 6.08. The second kappa shape index (κ2) is 8.57. The molecule has 0 aliphatic rings. The summed E-state index contributed by atoms with van der Waals surface area (Å²) in [5.74, 6) is -0.520. The number of anilines is 1. The fraction of sp³-hybridized carbons (Fsp3) is 0.0800. The Morgan fingerprint density at radius 3 is 2.37 bits per heavy atom. The first-order valence-electron chi connectivity index (χ1n) is 9.67. The molecule has 0 unspecified atom stereocenters. The van der Waals surface area contributed by atoms with Crippen molar-refractivity contribution in [3.63, 3.8) is 0 Å². The molecule has 4 aromatic rings. The van der Waals surface area contributed by atoms with Crippen molar-refractivity contribution in [1.82, 2.24) is 9.88 Å². The standard InChI is InChI=1S/C25H21N3O2/c1-28(17-18-9-3-2-4-10-18)25(30)20-12-6-8-14-22(20)27-24(29)23-16-15-19-11-5-7-13-21(19)26-23/h2-16H,17H2,1H3,(H,27,29). The van der Waals surface area contributed by atoms with Crippen LogP contribution in [0.5, 0.6) is 0 Å². The van der Waals surface area contributed by atoms with Crippen molar-refractivity contribution < 1.29 is 9.59 Å². The third kappa shape index (κ3) is 4.20. The van der Waals surface area contributed by atoms with Gasteiger partial charge in [-0.05, 0) is 29.8 Å². The number of benzene rings is 3. The van der Waals surface area contributed by atoms with Crippen molar-refractivity contribution in [1.29, 1.82) is 0 Å². The molecule has 0 aliphatic carbocycles. The molecule has 1 aromatic heterocycles. The first-order valence-corrected chi connectivity index (χ1v) is 9.67. The molecular formula is C25H21N3O2. The van der Waals surface area contributed by atoms with E-state index in [0.29, 0.717) is 23.5 Å². The van der Waals surface area contributed by atoms with Crippen LogP contribution in [0.3, 0.4) is 0 Å². The topological polar surface area (TPSA) is 62.3 Å². The molecule has 3 aromatic carbocycles. The van der Waals surface area contributed by atoms with Crippen molar-refractivity contribution in [2.45, 2.75) is 6.54 Å². The van der Waals surface area contributed by atoms with Gasteiger partial charge in [0.2, 0.25) is 0 Å². The maximum atomic E-state index is 13.0. The Bertz CT molecular complexity index is 1210. The summed E-state index contributed by atoms with van der Waals surface area (Å²) >= 11 is 0. The Hall–Kier alpha value is -3.99. The van der Waals surface area contributed by atoms with Gasteiger partial charge in [0.05, 0.1) is 16.8 Å². The van der Waals surface area contributed by atoms with Crippen LogP contribution in [0.25, 0.3) is 10.9 Å².